The van der Waals surface area contributed by atoms with Crippen LogP contribution >= 0.6 is 0 Å². The van der Waals surface area contributed by atoms with Crippen LogP contribution in [0.25, 0.3) is 0 Å². The third-order valence-corrected chi connectivity index (χ3v) is 2.55. The van der Waals surface area contributed by atoms with Gasteiger partial charge in [0.1, 0.15) is 5.82 Å². The van der Waals surface area contributed by atoms with Crippen LogP contribution in [0, 0.1) is 18.3 Å². The van der Waals surface area contributed by atoms with E-state index >= 15 is 0 Å². The second kappa shape index (κ2) is 4.22. The Morgan fingerprint density at radius 1 is 1.53 bits per heavy atom. The molecule has 0 radical (unpaired) electrons. The summed E-state index contributed by atoms with van der Waals surface area (Å²) in [4.78, 5) is 6.42. The molecule has 0 bridgehead atoms. The number of nitrogen functional groups attached to an aromatic ring is 1. The third-order valence-electron chi connectivity index (χ3n) is 2.55. The van der Waals surface area contributed by atoms with Gasteiger partial charge in [0.05, 0.1) is 18.4 Å². The number of pyridine rings is 1. The topological polar surface area (TPSA) is 42.1 Å². The molecule has 1 heterocycles. The van der Waals surface area contributed by atoms with Crippen molar-refractivity contribution in [3.63, 3.8) is 0 Å². The molecule has 1 aliphatic carbocycles. The zero-order valence-corrected chi connectivity index (χ0v) is 8.69. The predicted octanol–water partition coefficient (Wildman–Crippen LogP) is 1.51. The number of terminal acetylenes is 1. The van der Waals surface area contributed by atoms with Crippen molar-refractivity contribution >= 4 is 11.5 Å². The van der Waals surface area contributed by atoms with E-state index in [-0.39, 0.29) is 0 Å². The Labute approximate surface area is 90.3 Å². The van der Waals surface area contributed by atoms with Crippen molar-refractivity contribution in [3.8, 4) is 12.3 Å². The summed E-state index contributed by atoms with van der Waals surface area (Å²) in [6.45, 7) is 1.63. The molecule has 2 N–H and O–H groups in total. The van der Waals surface area contributed by atoms with Crippen molar-refractivity contribution in [3.05, 3.63) is 18.3 Å². The van der Waals surface area contributed by atoms with Gasteiger partial charge in [-0.05, 0) is 30.9 Å². The van der Waals surface area contributed by atoms with E-state index in [1.54, 1.807) is 6.20 Å². The predicted molar refractivity (Wildman–Crippen MR) is 62.4 cm³/mol. The molecule has 0 spiro atoms. The second-order valence-corrected chi connectivity index (χ2v) is 3.98. The number of nitrogens with zero attached hydrogens (tertiary/aromatic N) is 2. The quantitative estimate of drug-likeness (QED) is 0.751. The van der Waals surface area contributed by atoms with Gasteiger partial charge in [-0.1, -0.05) is 5.92 Å². The second-order valence-electron chi connectivity index (χ2n) is 3.98. The SMILES string of the molecule is C#CCN(CC1CC1)c1ccc(N)cn1. The lowest BCUT2D eigenvalue weighted by Gasteiger charge is -2.20. The Bertz CT molecular complexity index is 359. The highest BCUT2D eigenvalue weighted by Crippen LogP contribution is 2.30. The van der Waals surface area contributed by atoms with E-state index in [9.17, 15) is 0 Å². The first-order chi connectivity index (χ1) is 7.29. The molecule has 1 saturated carbocycles. The summed E-state index contributed by atoms with van der Waals surface area (Å²) in [6.07, 6.45) is 9.65. The molecule has 15 heavy (non-hydrogen) atoms. The van der Waals surface area contributed by atoms with Crippen LogP contribution in [-0.4, -0.2) is 18.1 Å². The molecule has 0 aromatic carbocycles. The maximum Gasteiger partial charge on any atom is 0.129 e. The van der Waals surface area contributed by atoms with E-state index in [4.69, 9.17) is 12.2 Å². The lowest BCUT2D eigenvalue weighted by molar-refractivity contribution is 0.755. The number of anilines is 2. The number of rotatable bonds is 4. The summed E-state index contributed by atoms with van der Waals surface area (Å²) >= 11 is 0. The van der Waals surface area contributed by atoms with Crippen LogP contribution in [0.2, 0.25) is 0 Å². The summed E-state index contributed by atoms with van der Waals surface area (Å²) in [5.41, 5.74) is 6.28. The van der Waals surface area contributed by atoms with Gasteiger partial charge in [0.15, 0.2) is 0 Å². The van der Waals surface area contributed by atoms with E-state index in [1.807, 2.05) is 12.1 Å². The first-order valence-electron chi connectivity index (χ1n) is 5.19. The van der Waals surface area contributed by atoms with Gasteiger partial charge in [-0.25, -0.2) is 4.98 Å². The molecule has 1 aromatic heterocycles. The molecule has 0 saturated heterocycles. The molecule has 1 fully saturated rings. The molecule has 0 aliphatic heterocycles. The molecule has 0 atom stereocenters. The molecule has 1 aliphatic rings. The van der Waals surface area contributed by atoms with Gasteiger partial charge >= 0.3 is 0 Å². The van der Waals surface area contributed by atoms with Crippen LogP contribution in [0.1, 0.15) is 12.8 Å². The lowest BCUT2D eigenvalue weighted by atomic mass is 10.3. The van der Waals surface area contributed by atoms with Crippen molar-refractivity contribution in [2.75, 3.05) is 23.7 Å². The first-order valence-corrected chi connectivity index (χ1v) is 5.19. The average Bonchev–Trinajstić information content (AvgIpc) is 3.02. The minimum atomic E-state index is 0.618. The number of hydrogen-bond donors (Lipinski definition) is 1. The highest BCUT2D eigenvalue weighted by atomic mass is 15.2. The van der Waals surface area contributed by atoms with E-state index in [0.29, 0.717) is 12.2 Å². The summed E-state index contributed by atoms with van der Waals surface area (Å²) in [7, 11) is 0. The fraction of sp³-hybridized carbons (Fsp3) is 0.417. The fourth-order valence-corrected chi connectivity index (χ4v) is 1.55. The van der Waals surface area contributed by atoms with Crippen LogP contribution in [0.5, 0.6) is 0 Å². The van der Waals surface area contributed by atoms with Gasteiger partial charge < -0.3 is 10.6 Å². The Morgan fingerprint density at radius 3 is 2.87 bits per heavy atom. The monoisotopic (exact) mass is 201 g/mol. The van der Waals surface area contributed by atoms with E-state index in [2.05, 4.69) is 15.8 Å². The molecular weight excluding hydrogens is 186 g/mol. The average molecular weight is 201 g/mol. The Balaban J connectivity index is 2.08. The number of hydrogen-bond acceptors (Lipinski definition) is 3. The molecular formula is C12H15N3. The van der Waals surface area contributed by atoms with Gasteiger partial charge in [-0.15, -0.1) is 6.42 Å². The minimum absolute atomic E-state index is 0.618. The van der Waals surface area contributed by atoms with E-state index in [0.717, 1.165) is 18.3 Å². The molecule has 3 nitrogen and oxygen atoms in total. The zero-order chi connectivity index (χ0) is 10.7. The summed E-state index contributed by atoms with van der Waals surface area (Å²) < 4.78 is 0. The standard InChI is InChI=1S/C12H15N3/c1-2-7-15(9-10-3-4-10)12-6-5-11(13)8-14-12/h1,5-6,8,10H,3-4,7,9,13H2. The normalized spacial score (nSPS) is 14.6. The Kier molecular flexibility index (Phi) is 2.77. The molecule has 1 aromatic rings. The molecule has 0 amide bonds. The first kappa shape index (κ1) is 9.85. The van der Waals surface area contributed by atoms with E-state index in [1.165, 1.54) is 12.8 Å². The Hall–Kier alpha value is -1.69. The van der Waals surface area contributed by atoms with Gasteiger partial charge in [-0.3, -0.25) is 0 Å². The van der Waals surface area contributed by atoms with Crippen LogP contribution < -0.4 is 10.6 Å². The summed E-state index contributed by atoms with van der Waals surface area (Å²) in [6, 6.07) is 3.79. The fourth-order valence-electron chi connectivity index (χ4n) is 1.55. The zero-order valence-electron chi connectivity index (χ0n) is 8.69. The third kappa shape index (κ3) is 2.63. The lowest BCUT2D eigenvalue weighted by Crippen LogP contribution is -2.26. The molecule has 78 valence electrons. The van der Waals surface area contributed by atoms with Crippen LogP contribution in [0.4, 0.5) is 11.5 Å². The summed E-state index contributed by atoms with van der Waals surface area (Å²) in [5, 5.41) is 0. The van der Waals surface area contributed by atoms with Crippen molar-refractivity contribution in [1.29, 1.82) is 0 Å². The highest BCUT2D eigenvalue weighted by Gasteiger charge is 2.24. The van der Waals surface area contributed by atoms with Gasteiger partial charge in [0.25, 0.3) is 0 Å². The van der Waals surface area contributed by atoms with Crippen molar-refractivity contribution in [2.24, 2.45) is 5.92 Å². The number of nitrogens with two attached hydrogens (primary N) is 1. The van der Waals surface area contributed by atoms with Crippen LogP contribution in [-0.2, 0) is 0 Å². The van der Waals surface area contributed by atoms with Gasteiger partial charge in [0, 0.05) is 6.54 Å². The van der Waals surface area contributed by atoms with Gasteiger partial charge in [-0.2, -0.15) is 0 Å². The van der Waals surface area contributed by atoms with Crippen LogP contribution in [0.3, 0.4) is 0 Å². The van der Waals surface area contributed by atoms with Crippen molar-refractivity contribution in [2.45, 2.75) is 12.8 Å². The molecule has 0 unspecified atom stereocenters. The van der Waals surface area contributed by atoms with Crippen LogP contribution in [0.15, 0.2) is 18.3 Å². The summed E-state index contributed by atoms with van der Waals surface area (Å²) in [5.74, 6) is 4.40. The maximum absolute atomic E-state index is 5.59. The largest absolute Gasteiger partial charge is 0.397 e. The maximum atomic E-state index is 5.59. The van der Waals surface area contributed by atoms with E-state index < -0.39 is 0 Å². The van der Waals surface area contributed by atoms with Crippen molar-refractivity contribution < 1.29 is 0 Å². The van der Waals surface area contributed by atoms with Gasteiger partial charge in [0.2, 0.25) is 0 Å². The smallest absolute Gasteiger partial charge is 0.129 e. The number of aromatic nitrogens is 1. The minimum Gasteiger partial charge on any atom is -0.397 e. The van der Waals surface area contributed by atoms with Crippen molar-refractivity contribution in [1.82, 2.24) is 4.98 Å². The molecule has 2 rings (SSSR count). The molecule has 3 heteroatoms. The highest BCUT2D eigenvalue weighted by molar-refractivity contribution is 5.46. The Morgan fingerprint density at radius 2 is 2.33 bits per heavy atom.